The van der Waals surface area contributed by atoms with Crippen LogP contribution in [-0.4, -0.2) is 17.0 Å². The second kappa shape index (κ2) is 9.67. The van der Waals surface area contributed by atoms with Crippen LogP contribution >= 0.6 is 22.9 Å². The van der Waals surface area contributed by atoms with Gasteiger partial charge >= 0.3 is 5.97 Å². The fourth-order valence-electron chi connectivity index (χ4n) is 4.13. The third-order valence-electron chi connectivity index (χ3n) is 5.76. The number of amides is 1. The van der Waals surface area contributed by atoms with Gasteiger partial charge in [-0.25, -0.2) is 4.79 Å². The number of benzene rings is 2. The van der Waals surface area contributed by atoms with Crippen molar-refractivity contribution >= 4 is 40.5 Å². The number of halogens is 1. The van der Waals surface area contributed by atoms with Crippen molar-refractivity contribution in [3.05, 3.63) is 76.1 Å². The van der Waals surface area contributed by atoms with Crippen molar-refractivity contribution in [3.8, 4) is 10.4 Å². The summed E-state index contributed by atoms with van der Waals surface area (Å²) in [5.41, 5.74) is 2.19. The van der Waals surface area contributed by atoms with E-state index in [1.807, 2.05) is 54.6 Å². The summed E-state index contributed by atoms with van der Waals surface area (Å²) in [6.45, 7) is 0.250. The van der Waals surface area contributed by atoms with Gasteiger partial charge in [0.2, 0.25) is 5.91 Å². The molecule has 0 bridgehead atoms. The largest absolute Gasteiger partial charge is 0.477 e. The predicted octanol–water partition coefficient (Wildman–Crippen LogP) is 6.88. The first-order valence-electron chi connectivity index (χ1n) is 10.5. The Morgan fingerprint density at radius 1 is 1.00 bits per heavy atom. The van der Waals surface area contributed by atoms with Crippen LogP contribution in [0.4, 0.5) is 5.69 Å². The molecule has 160 valence electrons. The molecule has 0 aliphatic heterocycles. The lowest BCUT2D eigenvalue weighted by Crippen LogP contribution is -2.37. The van der Waals surface area contributed by atoms with Gasteiger partial charge in [0.15, 0.2) is 0 Å². The van der Waals surface area contributed by atoms with Crippen molar-refractivity contribution < 1.29 is 14.7 Å². The lowest BCUT2D eigenvalue weighted by molar-refractivity contribution is -0.123. The van der Waals surface area contributed by atoms with Crippen LogP contribution in [0.2, 0.25) is 5.02 Å². The number of carbonyl (C=O) groups excluding carboxylic acids is 1. The minimum atomic E-state index is -1.03. The first-order chi connectivity index (χ1) is 15.0. The molecule has 1 heterocycles. The van der Waals surface area contributed by atoms with Gasteiger partial charge in [-0.1, -0.05) is 79.4 Å². The highest BCUT2D eigenvalue weighted by molar-refractivity contribution is 7.18. The molecule has 4 rings (SSSR count). The Balaban J connectivity index is 1.78. The second-order valence-corrected chi connectivity index (χ2v) is 9.31. The Bertz CT molecular complexity index is 1070. The summed E-state index contributed by atoms with van der Waals surface area (Å²) in [5, 5.41) is 10.5. The van der Waals surface area contributed by atoms with E-state index >= 15 is 0 Å². The quantitative estimate of drug-likeness (QED) is 0.442. The van der Waals surface area contributed by atoms with Crippen molar-refractivity contribution in [1.29, 1.82) is 0 Å². The van der Waals surface area contributed by atoms with Crippen molar-refractivity contribution in [3.63, 3.8) is 0 Å². The minimum absolute atomic E-state index is 0.0143. The maximum atomic E-state index is 13.6. The molecule has 1 fully saturated rings. The Morgan fingerprint density at radius 2 is 1.68 bits per heavy atom. The second-order valence-electron chi connectivity index (χ2n) is 7.85. The fourth-order valence-corrected chi connectivity index (χ4v) is 5.33. The number of nitrogens with zero attached hydrogens (tertiary/aromatic N) is 1. The number of carbonyl (C=O) groups is 2. The maximum absolute atomic E-state index is 13.6. The van der Waals surface area contributed by atoms with Gasteiger partial charge in [-0.15, -0.1) is 11.3 Å². The molecule has 0 saturated heterocycles. The molecule has 1 aliphatic carbocycles. The number of anilines is 1. The molecule has 6 heteroatoms. The lowest BCUT2D eigenvalue weighted by Gasteiger charge is -2.29. The van der Waals surface area contributed by atoms with E-state index in [1.165, 1.54) is 11.3 Å². The van der Waals surface area contributed by atoms with Crippen LogP contribution in [-0.2, 0) is 11.3 Å². The summed E-state index contributed by atoms with van der Waals surface area (Å²) in [6.07, 6.45) is 4.89. The van der Waals surface area contributed by atoms with E-state index in [4.69, 9.17) is 11.6 Å². The van der Waals surface area contributed by atoms with Crippen LogP contribution < -0.4 is 4.90 Å². The summed E-state index contributed by atoms with van der Waals surface area (Å²) in [6, 6.07) is 18.9. The first-order valence-corrected chi connectivity index (χ1v) is 11.7. The molecule has 1 aromatic heterocycles. The molecule has 0 spiro atoms. The predicted molar refractivity (Wildman–Crippen MR) is 126 cm³/mol. The topological polar surface area (TPSA) is 57.6 Å². The van der Waals surface area contributed by atoms with E-state index < -0.39 is 5.97 Å². The van der Waals surface area contributed by atoms with Crippen LogP contribution in [0.1, 0.15) is 47.3 Å². The van der Waals surface area contributed by atoms with Crippen molar-refractivity contribution in [2.75, 3.05) is 4.90 Å². The highest BCUT2D eigenvalue weighted by atomic mass is 35.5. The number of rotatable bonds is 6. The summed E-state index contributed by atoms with van der Waals surface area (Å²) < 4.78 is 0. The smallest absolute Gasteiger partial charge is 0.348 e. The zero-order valence-electron chi connectivity index (χ0n) is 17.1. The number of thiophene rings is 1. The van der Waals surface area contributed by atoms with E-state index in [0.29, 0.717) is 10.7 Å². The zero-order chi connectivity index (χ0) is 21.8. The highest BCUT2D eigenvalue weighted by Gasteiger charge is 2.31. The van der Waals surface area contributed by atoms with Crippen molar-refractivity contribution in [2.45, 2.75) is 38.6 Å². The first kappa shape index (κ1) is 21.6. The van der Waals surface area contributed by atoms with Gasteiger partial charge < -0.3 is 10.0 Å². The molecule has 1 N–H and O–H groups in total. The summed E-state index contributed by atoms with van der Waals surface area (Å²) in [5.74, 6) is -1.12. The molecule has 3 aromatic rings. The van der Waals surface area contributed by atoms with Gasteiger partial charge in [-0.3, -0.25) is 4.79 Å². The zero-order valence-corrected chi connectivity index (χ0v) is 18.7. The number of aromatic carboxylic acids is 1. The molecular weight excluding hydrogens is 430 g/mol. The van der Waals surface area contributed by atoms with Gasteiger partial charge in [0, 0.05) is 15.8 Å². The number of carboxylic acid groups (broad SMARTS) is 1. The van der Waals surface area contributed by atoms with Crippen molar-refractivity contribution in [1.82, 2.24) is 0 Å². The van der Waals surface area contributed by atoms with E-state index in [9.17, 15) is 14.7 Å². The monoisotopic (exact) mass is 453 g/mol. The number of hydrogen-bond acceptors (Lipinski definition) is 3. The average Bonchev–Trinajstić information content (AvgIpc) is 3.25. The highest BCUT2D eigenvalue weighted by Crippen LogP contribution is 2.39. The standard InChI is InChI=1S/C25H24ClNO3S/c26-20-14-8-7-13-19(20)16-27(24(28)18-11-5-2-6-12-18)21-15-22(31-23(21)25(29)30)17-9-3-1-4-10-17/h1,3-4,7-10,13-15,18H,2,5-6,11-12,16H2,(H,29,30). The molecule has 31 heavy (non-hydrogen) atoms. The van der Waals surface area contributed by atoms with Gasteiger partial charge in [-0.05, 0) is 36.1 Å². The summed E-state index contributed by atoms with van der Waals surface area (Å²) in [7, 11) is 0. The van der Waals surface area contributed by atoms with E-state index in [1.54, 1.807) is 11.0 Å². The fraction of sp³-hybridized carbons (Fsp3) is 0.280. The minimum Gasteiger partial charge on any atom is -0.477 e. The van der Waals surface area contributed by atoms with Gasteiger partial charge in [0.25, 0.3) is 0 Å². The van der Waals surface area contributed by atoms with Gasteiger partial charge in [0.1, 0.15) is 4.88 Å². The third-order valence-corrected chi connectivity index (χ3v) is 7.29. The molecule has 0 atom stereocenters. The van der Waals surface area contributed by atoms with Crippen molar-refractivity contribution in [2.24, 2.45) is 5.92 Å². The normalized spacial score (nSPS) is 14.4. The van der Waals surface area contributed by atoms with Crippen LogP contribution in [0.3, 0.4) is 0 Å². The molecular formula is C25H24ClNO3S. The summed E-state index contributed by atoms with van der Waals surface area (Å²) in [4.78, 5) is 28.4. The third kappa shape index (κ3) is 4.83. The van der Waals surface area contributed by atoms with Crippen LogP contribution in [0.15, 0.2) is 60.7 Å². The molecule has 4 nitrogen and oxygen atoms in total. The molecule has 2 aromatic carbocycles. The molecule has 1 aliphatic rings. The Hall–Kier alpha value is -2.63. The SMILES string of the molecule is O=C(O)c1sc(-c2ccccc2)cc1N(Cc1ccccc1Cl)C(=O)C1CCCCC1. The number of hydrogen-bond donors (Lipinski definition) is 1. The molecule has 1 amide bonds. The van der Waals surface area contributed by atoms with E-state index in [2.05, 4.69) is 0 Å². The summed E-state index contributed by atoms with van der Waals surface area (Å²) >= 11 is 7.60. The van der Waals surface area contributed by atoms with E-state index in [-0.39, 0.29) is 23.2 Å². The van der Waals surface area contributed by atoms with Gasteiger partial charge in [0.05, 0.1) is 12.2 Å². The Labute approximate surface area is 191 Å². The molecule has 0 unspecified atom stereocenters. The molecule has 1 saturated carbocycles. The van der Waals surface area contributed by atoms with Gasteiger partial charge in [-0.2, -0.15) is 0 Å². The average molecular weight is 454 g/mol. The van der Waals surface area contributed by atoms with Crippen LogP contribution in [0.25, 0.3) is 10.4 Å². The van der Waals surface area contributed by atoms with Crippen LogP contribution in [0.5, 0.6) is 0 Å². The molecule has 0 radical (unpaired) electrons. The lowest BCUT2D eigenvalue weighted by atomic mass is 9.88. The Kier molecular flexibility index (Phi) is 6.73. The van der Waals surface area contributed by atoms with Crippen LogP contribution in [0, 0.1) is 5.92 Å². The number of carboxylic acids is 1. The van der Waals surface area contributed by atoms with E-state index in [0.717, 1.165) is 48.1 Å². The Morgan fingerprint density at radius 3 is 2.35 bits per heavy atom. The maximum Gasteiger partial charge on any atom is 0.348 e.